The average Bonchev–Trinajstić information content (AvgIpc) is 2.38. The predicted octanol–water partition coefficient (Wildman–Crippen LogP) is 3.27. The van der Waals surface area contributed by atoms with E-state index in [4.69, 9.17) is 0 Å². The third-order valence-electron chi connectivity index (χ3n) is 3.50. The molecular formula is C14H26N4. The Morgan fingerprint density at radius 3 is 2.28 bits per heavy atom. The summed E-state index contributed by atoms with van der Waals surface area (Å²) in [6.45, 7) is 8.81. The predicted molar refractivity (Wildman–Crippen MR) is 78.4 cm³/mol. The van der Waals surface area contributed by atoms with E-state index in [0.717, 1.165) is 24.5 Å². The molecule has 0 aliphatic heterocycles. The van der Waals surface area contributed by atoms with Crippen molar-refractivity contribution < 1.29 is 0 Å². The Labute approximate surface area is 111 Å². The molecule has 4 heteroatoms. The molecule has 1 N–H and O–H groups in total. The molecule has 0 atom stereocenters. The lowest BCUT2D eigenvalue weighted by Crippen LogP contribution is -2.32. The van der Waals surface area contributed by atoms with Gasteiger partial charge in [0.15, 0.2) is 0 Å². The van der Waals surface area contributed by atoms with Gasteiger partial charge in [-0.1, -0.05) is 27.7 Å². The second-order valence-electron chi connectivity index (χ2n) is 4.95. The van der Waals surface area contributed by atoms with Gasteiger partial charge in [-0.15, -0.1) is 0 Å². The van der Waals surface area contributed by atoms with Crippen LogP contribution in [-0.2, 0) is 0 Å². The molecule has 0 aromatic carbocycles. The molecule has 1 rings (SSSR count). The highest BCUT2D eigenvalue weighted by molar-refractivity contribution is 5.60. The molecule has 0 radical (unpaired) electrons. The van der Waals surface area contributed by atoms with Crippen LogP contribution in [0.3, 0.4) is 0 Å². The van der Waals surface area contributed by atoms with Crippen LogP contribution in [0.5, 0.6) is 0 Å². The minimum Gasteiger partial charge on any atom is -0.373 e. The van der Waals surface area contributed by atoms with Crippen molar-refractivity contribution in [3.63, 3.8) is 0 Å². The van der Waals surface area contributed by atoms with E-state index in [1.54, 1.807) is 6.33 Å². The number of rotatable bonds is 6. The molecule has 1 aromatic heterocycles. The van der Waals surface area contributed by atoms with Gasteiger partial charge in [-0.2, -0.15) is 0 Å². The smallest absolute Gasteiger partial charge is 0.137 e. The number of nitrogens with zero attached hydrogens (tertiary/aromatic N) is 3. The van der Waals surface area contributed by atoms with Crippen molar-refractivity contribution in [2.75, 3.05) is 24.3 Å². The zero-order valence-corrected chi connectivity index (χ0v) is 12.5. The van der Waals surface area contributed by atoms with Crippen molar-refractivity contribution in [1.82, 2.24) is 9.97 Å². The molecule has 0 amide bonds. The number of hydrogen-bond donors (Lipinski definition) is 1. The Morgan fingerprint density at radius 2 is 1.83 bits per heavy atom. The van der Waals surface area contributed by atoms with Crippen LogP contribution < -0.4 is 10.2 Å². The Morgan fingerprint density at radius 1 is 1.22 bits per heavy atom. The molecule has 102 valence electrons. The minimum absolute atomic E-state index is 0.403. The van der Waals surface area contributed by atoms with Gasteiger partial charge in [0.1, 0.15) is 18.0 Å². The molecule has 0 saturated carbocycles. The summed E-state index contributed by atoms with van der Waals surface area (Å²) in [6, 6.07) is 0.530. The lowest BCUT2D eigenvalue weighted by molar-refractivity contribution is 0.582. The monoisotopic (exact) mass is 250 g/mol. The largest absolute Gasteiger partial charge is 0.373 e. The highest BCUT2D eigenvalue weighted by Gasteiger charge is 2.20. The van der Waals surface area contributed by atoms with E-state index >= 15 is 0 Å². The van der Waals surface area contributed by atoms with E-state index in [1.807, 2.05) is 7.05 Å². The molecular weight excluding hydrogens is 224 g/mol. The van der Waals surface area contributed by atoms with Crippen molar-refractivity contribution in [2.45, 2.75) is 52.5 Å². The first-order valence-electron chi connectivity index (χ1n) is 6.82. The maximum Gasteiger partial charge on any atom is 0.137 e. The quantitative estimate of drug-likeness (QED) is 0.841. The second-order valence-corrected chi connectivity index (χ2v) is 4.95. The van der Waals surface area contributed by atoms with Crippen LogP contribution >= 0.6 is 0 Å². The molecule has 1 aromatic rings. The molecule has 1 heterocycles. The Balaban J connectivity index is 3.22. The number of hydrogen-bond acceptors (Lipinski definition) is 4. The average molecular weight is 250 g/mol. The van der Waals surface area contributed by atoms with E-state index in [-0.39, 0.29) is 0 Å². The first-order chi connectivity index (χ1) is 8.56. The zero-order valence-electron chi connectivity index (χ0n) is 12.5. The molecule has 0 aliphatic rings. The van der Waals surface area contributed by atoms with Gasteiger partial charge >= 0.3 is 0 Å². The molecule has 0 spiro atoms. The lowest BCUT2D eigenvalue weighted by Gasteiger charge is -2.30. The molecule has 18 heavy (non-hydrogen) atoms. The van der Waals surface area contributed by atoms with E-state index in [2.05, 4.69) is 54.9 Å². The summed E-state index contributed by atoms with van der Waals surface area (Å²) >= 11 is 0. The summed E-state index contributed by atoms with van der Waals surface area (Å²) in [5, 5.41) is 3.17. The van der Waals surface area contributed by atoms with E-state index in [1.165, 1.54) is 5.56 Å². The van der Waals surface area contributed by atoms with E-state index < -0.39 is 0 Å². The van der Waals surface area contributed by atoms with Crippen LogP contribution in [-0.4, -0.2) is 30.1 Å². The molecule has 0 unspecified atom stereocenters. The van der Waals surface area contributed by atoms with Crippen molar-refractivity contribution in [3.05, 3.63) is 11.9 Å². The van der Waals surface area contributed by atoms with Crippen LogP contribution in [0.25, 0.3) is 0 Å². The highest BCUT2D eigenvalue weighted by atomic mass is 15.2. The summed E-state index contributed by atoms with van der Waals surface area (Å²) < 4.78 is 0. The number of nitrogens with one attached hydrogen (secondary N) is 1. The fourth-order valence-electron chi connectivity index (χ4n) is 2.41. The first kappa shape index (κ1) is 14.7. The zero-order chi connectivity index (χ0) is 13.7. The number of anilines is 2. The van der Waals surface area contributed by atoms with E-state index in [9.17, 15) is 0 Å². The number of aromatic nitrogens is 2. The normalized spacial score (nSPS) is 11.1. The standard InChI is InChI=1S/C14H26N4/c1-7-11(8-2)18(6)14-12(10(3)4)13(15-5)16-9-17-14/h9-11H,7-8H2,1-6H3,(H,15,16,17). The minimum atomic E-state index is 0.403. The van der Waals surface area contributed by atoms with Crippen molar-refractivity contribution in [3.8, 4) is 0 Å². The topological polar surface area (TPSA) is 41.1 Å². The fraction of sp³-hybridized carbons (Fsp3) is 0.714. The SMILES string of the molecule is CCC(CC)N(C)c1ncnc(NC)c1C(C)C. The molecule has 0 saturated heterocycles. The van der Waals surface area contributed by atoms with Gasteiger partial charge in [0.2, 0.25) is 0 Å². The van der Waals surface area contributed by atoms with Gasteiger partial charge in [-0.05, 0) is 18.8 Å². The Bertz CT molecular complexity index is 372. The highest BCUT2D eigenvalue weighted by Crippen LogP contribution is 2.31. The first-order valence-corrected chi connectivity index (χ1v) is 6.82. The summed E-state index contributed by atoms with van der Waals surface area (Å²) in [5.41, 5.74) is 1.20. The maximum atomic E-state index is 4.50. The maximum absolute atomic E-state index is 4.50. The van der Waals surface area contributed by atoms with Crippen LogP contribution in [0.4, 0.5) is 11.6 Å². The summed E-state index contributed by atoms with van der Waals surface area (Å²) in [6.07, 6.45) is 3.90. The van der Waals surface area contributed by atoms with Gasteiger partial charge in [0, 0.05) is 25.7 Å². The van der Waals surface area contributed by atoms with Crippen LogP contribution in [0.2, 0.25) is 0 Å². The van der Waals surface area contributed by atoms with Gasteiger partial charge in [0.25, 0.3) is 0 Å². The van der Waals surface area contributed by atoms with E-state index in [0.29, 0.717) is 12.0 Å². The van der Waals surface area contributed by atoms with Crippen molar-refractivity contribution >= 4 is 11.6 Å². The summed E-state index contributed by atoms with van der Waals surface area (Å²) in [4.78, 5) is 11.1. The molecule has 4 nitrogen and oxygen atoms in total. The molecule has 0 fully saturated rings. The fourth-order valence-corrected chi connectivity index (χ4v) is 2.41. The Hall–Kier alpha value is -1.32. The van der Waals surface area contributed by atoms with Crippen LogP contribution in [0.1, 0.15) is 52.0 Å². The third-order valence-corrected chi connectivity index (χ3v) is 3.50. The van der Waals surface area contributed by atoms with Crippen molar-refractivity contribution in [2.24, 2.45) is 0 Å². The Kier molecular flexibility index (Phi) is 5.38. The van der Waals surface area contributed by atoms with Gasteiger partial charge in [0.05, 0.1) is 0 Å². The van der Waals surface area contributed by atoms with Gasteiger partial charge in [-0.3, -0.25) is 0 Å². The van der Waals surface area contributed by atoms with Crippen LogP contribution in [0.15, 0.2) is 6.33 Å². The summed E-state index contributed by atoms with van der Waals surface area (Å²) in [7, 11) is 4.04. The van der Waals surface area contributed by atoms with Gasteiger partial charge < -0.3 is 10.2 Å². The summed E-state index contributed by atoms with van der Waals surface area (Å²) in [5.74, 6) is 2.39. The van der Waals surface area contributed by atoms with Crippen LogP contribution in [0, 0.1) is 0 Å². The van der Waals surface area contributed by atoms with Crippen molar-refractivity contribution in [1.29, 1.82) is 0 Å². The lowest BCUT2D eigenvalue weighted by atomic mass is 10.0. The van der Waals surface area contributed by atoms with Gasteiger partial charge in [-0.25, -0.2) is 9.97 Å². The molecule has 0 aliphatic carbocycles. The molecule has 0 bridgehead atoms. The third kappa shape index (κ3) is 2.92. The second kappa shape index (κ2) is 6.57.